The van der Waals surface area contributed by atoms with Gasteiger partial charge in [0.25, 0.3) is 5.91 Å². The van der Waals surface area contributed by atoms with Crippen LogP contribution >= 0.6 is 0 Å². The summed E-state index contributed by atoms with van der Waals surface area (Å²) in [6.45, 7) is 6.53. The van der Waals surface area contributed by atoms with E-state index in [2.05, 4.69) is 18.7 Å². The van der Waals surface area contributed by atoms with E-state index >= 15 is 0 Å². The molecule has 1 heterocycles. The average molecular weight is 300 g/mol. The molecule has 1 atom stereocenters. The Hall–Kier alpha value is -1.56. The molecule has 0 aromatic heterocycles. The van der Waals surface area contributed by atoms with Crippen LogP contribution in [0.5, 0.6) is 0 Å². The van der Waals surface area contributed by atoms with E-state index in [1.54, 1.807) is 0 Å². The first kappa shape index (κ1) is 15.8. The van der Waals surface area contributed by atoms with Crippen molar-refractivity contribution in [2.24, 2.45) is 0 Å². The van der Waals surface area contributed by atoms with E-state index in [1.165, 1.54) is 4.90 Å². The zero-order valence-electron chi connectivity index (χ0n) is 12.2. The molecule has 1 aromatic rings. The minimum absolute atomic E-state index is 0.411. The highest BCUT2D eigenvalue weighted by Gasteiger charge is 2.27. The second kappa shape index (κ2) is 6.47. The Balaban J connectivity index is 2.07. The molecule has 0 radical (unpaired) electrons. The van der Waals surface area contributed by atoms with Crippen molar-refractivity contribution < 1.29 is 18.0 Å². The van der Waals surface area contributed by atoms with E-state index in [0.717, 1.165) is 18.6 Å². The van der Waals surface area contributed by atoms with Gasteiger partial charge < -0.3 is 4.90 Å². The maximum atomic E-state index is 13.7. The van der Waals surface area contributed by atoms with E-state index in [9.17, 15) is 18.0 Å². The quantitative estimate of drug-likeness (QED) is 0.801. The maximum absolute atomic E-state index is 13.7. The molecule has 0 spiro atoms. The lowest BCUT2D eigenvalue weighted by Crippen LogP contribution is -2.51. The highest BCUT2D eigenvalue weighted by molar-refractivity contribution is 5.94. The number of rotatable bonds is 3. The van der Waals surface area contributed by atoms with Gasteiger partial charge in [0, 0.05) is 32.2 Å². The molecule has 1 fully saturated rings. The number of nitrogens with zero attached hydrogens (tertiary/aromatic N) is 2. The van der Waals surface area contributed by atoms with Crippen molar-refractivity contribution in [2.45, 2.75) is 26.3 Å². The summed E-state index contributed by atoms with van der Waals surface area (Å²) in [5.74, 6) is -4.88. The second-order valence-corrected chi connectivity index (χ2v) is 5.31. The van der Waals surface area contributed by atoms with Crippen LogP contribution in [0.3, 0.4) is 0 Å². The molecule has 1 unspecified atom stereocenters. The fraction of sp³-hybridized carbons (Fsp3) is 0.533. The van der Waals surface area contributed by atoms with Crippen molar-refractivity contribution in [1.29, 1.82) is 0 Å². The Labute approximate surface area is 122 Å². The lowest BCUT2D eigenvalue weighted by Gasteiger charge is -2.37. The van der Waals surface area contributed by atoms with Gasteiger partial charge >= 0.3 is 0 Å². The molecule has 0 aliphatic carbocycles. The molecule has 0 N–H and O–H groups in total. The van der Waals surface area contributed by atoms with E-state index in [4.69, 9.17) is 0 Å². The van der Waals surface area contributed by atoms with Gasteiger partial charge in [-0.25, -0.2) is 13.2 Å². The standard InChI is InChI=1S/C15H19F3N2O/c1-3-10(2)19-6-8-20(9-7-19)15(21)11-4-5-12(16)14(18)13(11)17/h4-5,10H,3,6-9H2,1-2H3. The molecule has 6 heteroatoms. The second-order valence-electron chi connectivity index (χ2n) is 5.31. The van der Waals surface area contributed by atoms with Crippen molar-refractivity contribution in [3.05, 3.63) is 35.1 Å². The van der Waals surface area contributed by atoms with Crippen LogP contribution in [0.1, 0.15) is 30.6 Å². The van der Waals surface area contributed by atoms with Gasteiger partial charge in [-0.1, -0.05) is 6.92 Å². The SMILES string of the molecule is CCC(C)N1CCN(C(=O)c2ccc(F)c(F)c2F)CC1. The predicted octanol–water partition coefficient (Wildman–Crippen LogP) is 2.66. The normalized spacial score (nSPS) is 17.9. The maximum Gasteiger partial charge on any atom is 0.257 e. The number of carbonyl (C=O) groups is 1. The summed E-state index contributed by atoms with van der Waals surface area (Å²) >= 11 is 0. The molecule has 1 amide bonds. The first-order chi connectivity index (χ1) is 9.95. The Bertz CT molecular complexity index is 528. The number of piperazine rings is 1. The van der Waals surface area contributed by atoms with Gasteiger partial charge in [-0.3, -0.25) is 9.69 Å². The van der Waals surface area contributed by atoms with Crippen LogP contribution in [-0.4, -0.2) is 47.9 Å². The van der Waals surface area contributed by atoms with Gasteiger partial charge in [0.1, 0.15) is 0 Å². The van der Waals surface area contributed by atoms with Crippen LogP contribution in [-0.2, 0) is 0 Å². The van der Waals surface area contributed by atoms with E-state index in [1.807, 2.05) is 0 Å². The largest absolute Gasteiger partial charge is 0.336 e. The number of amides is 1. The van der Waals surface area contributed by atoms with Crippen LogP contribution in [0.15, 0.2) is 12.1 Å². The molecule has 0 bridgehead atoms. The van der Waals surface area contributed by atoms with Gasteiger partial charge in [0.2, 0.25) is 0 Å². The predicted molar refractivity (Wildman–Crippen MR) is 73.5 cm³/mol. The number of halogens is 3. The monoisotopic (exact) mass is 300 g/mol. The van der Waals surface area contributed by atoms with Gasteiger partial charge in [0.15, 0.2) is 17.5 Å². The third-order valence-electron chi connectivity index (χ3n) is 4.08. The van der Waals surface area contributed by atoms with E-state index in [-0.39, 0.29) is 0 Å². The summed E-state index contributed by atoms with van der Waals surface area (Å²) in [6, 6.07) is 2.21. The number of hydrogen-bond acceptors (Lipinski definition) is 2. The van der Waals surface area contributed by atoms with Crippen molar-refractivity contribution in [1.82, 2.24) is 9.80 Å². The summed E-state index contributed by atoms with van der Waals surface area (Å²) in [5.41, 5.74) is -0.411. The highest BCUT2D eigenvalue weighted by Crippen LogP contribution is 2.18. The summed E-state index contributed by atoms with van der Waals surface area (Å²) < 4.78 is 39.8. The molecule has 116 valence electrons. The number of hydrogen-bond donors (Lipinski definition) is 0. The molecule has 1 aliphatic rings. The van der Waals surface area contributed by atoms with Gasteiger partial charge in [-0.15, -0.1) is 0 Å². The van der Waals surface area contributed by atoms with Crippen molar-refractivity contribution >= 4 is 5.91 Å². The minimum Gasteiger partial charge on any atom is -0.336 e. The lowest BCUT2D eigenvalue weighted by molar-refractivity contribution is 0.0574. The molecular weight excluding hydrogens is 281 g/mol. The molecule has 3 nitrogen and oxygen atoms in total. The zero-order valence-corrected chi connectivity index (χ0v) is 12.2. The smallest absolute Gasteiger partial charge is 0.257 e. The molecule has 1 aliphatic heterocycles. The van der Waals surface area contributed by atoms with Crippen molar-refractivity contribution in [2.75, 3.05) is 26.2 Å². The van der Waals surface area contributed by atoms with Crippen LogP contribution in [0, 0.1) is 17.5 Å². The summed E-state index contributed by atoms with van der Waals surface area (Å²) in [6.07, 6.45) is 1.02. The Morgan fingerprint density at radius 3 is 2.33 bits per heavy atom. The van der Waals surface area contributed by atoms with Gasteiger partial charge in [-0.2, -0.15) is 0 Å². The number of carbonyl (C=O) groups excluding carboxylic acids is 1. The summed E-state index contributed by atoms with van der Waals surface area (Å²) in [7, 11) is 0. The Morgan fingerprint density at radius 2 is 1.76 bits per heavy atom. The van der Waals surface area contributed by atoms with Crippen LogP contribution in [0.4, 0.5) is 13.2 Å². The van der Waals surface area contributed by atoms with Crippen LogP contribution in [0.2, 0.25) is 0 Å². The van der Waals surface area contributed by atoms with Crippen molar-refractivity contribution in [3.8, 4) is 0 Å². The lowest BCUT2D eigenvalue weighted by atomic mass is 10.1. The van der Waals surface area contributed by atoms with Gasteiger partial charge in [0.05, 0.1) is 5.56 Å². The Morgan fingerprint density at radius 1 is 1.14 bits per heavy atom. The summed E-state index contributed by atoms with van der Waals surface area (Å²) in [4.78, 5) is 15.9. The van der Waals surface area contributed by atoms with E-state index in [0.29, 0.717) is 32.2 Å². The third kappa shape index (κ3) is 3.20. The van der Waals surface area contributed by atoms with E-state index < -0.39 is 28.9 Å². The van der Waals surface area contributed by atoms with Crippen molar-refractivity contribution in [3.63, 3.8) is 0 Å². The number of benzene rings is 1. The minimum atomic E-state index is -1.60. The zero-order chi connectivity index (χ0) is 15.6. The highest BCUT2D eigenvalue weighted by atomic mass is 19.2. The first-order valence-electron chi connectivity index (χ1n) is 7.12. The fourth-order valence-electron chi connectivity index (χ4n) is 2.49. The molecule has 1 saturated heterocycles. The molecule has 0 saturated carbocycles. The molecule has 2 rings (SSSR count). The summed E-state index contributed by atoms with van der Waals surface area (Å²) in [5, 5.41) is 0. The fourth-order valence-corrected chi connectivity index (χ4v) is 2.49. The molecular formula is C15H19F3N2O. The van der Waals surface area contributed by atoms with Crippen LogP contribution < -0.4 is 0 Å². The molecule has 21 heavy (non-hydrogen) atoms. The van der Waals surface area contributed by atoms with Crippen LogP contribution in [0.25, 0.3) is 0 Å². The Kier molecular flexibility index (Phi) is 4.88. The molecule has 1 aromatic carbocycles. The first-order valence-corrected chi connectivity index (χ1v) is 7.12. The third-order valence-corrected chi connectivity index (χ3v) is 4.08. The average Bonchev–Trinajstić information content (AvgIpc) is 2.51. The van der Waals surface area contributed by atoms with Gasteiger partial charge in [-0.05, 0) is 25.5 Å². The topological polar surface area (TPSA) is 23.6 Å².